The zero-order valence-electron chi connectivity index (χ0n) is 7.41. The van der Waals surface area contributed by atoms with E-state index in [1.165, 1.54) is 18.2 Å². The molecule has 0 spiro atoms. The fourth-order valence-corrected chi connectivity index (χ4v) is 1.57. The molecule has 0 saturated carbocycles. The molecule has 14 heavy (non-hydrogen) atoms. The molecule has 1 rings (SSSR count). The van der Waals surface area contributed by atoms with Crippen molar-refractivity contribution in [1.29, 1.82) is 0 Å². The SMILES string of the molecule is F[B-](F)(F)Cc1cc(Cl)cc(Cl)c1.[K+]. The summed E-state index contributed by atoms with van der Waals surface area (Å²) in [6.07, 6.45) is -0.944. The van der Waals surface area contributed by atoms with Gasteiger partial charge in [-0.15, -0.1) is 0 Å². The number of benzene rings is 1. The molecule has 0 atom stereocenters. The van der Waals surface area contributed by atoms with E-state index >= 15 is 0 Å². The Morgan fingerprint density at radius 3 is 1.79 bits per heavy atom. The summed E-state index contributed by atoms with van der Waals surface area (Å²) in [7, 11) is 0. The molecule has 1 aromatic rings. The molecule has 1 aromatic carbocycles. The number of rotatable bonds is 2. The minimum atomic E-state index is -4.83. The molecule has 0 amide bonds. The van der Waals surface area contributed by atoms with Gasteiger partial charge in [0, 0.05) is 10.0 Å². The first kappa shape index (κ1) is 15.3. The molecule has 0 unspecified atom stereocenters. The van der Waals surface area contributed by atoms with Gasteiger partial charge in [-0.25, -0.2) is 0 Å². The maximum Gasteiger partial charge on any atom is 1.00 e. The van der Waals surface area contributed by atoms with Crippen LogP contribution in [0.5, 0.6) is 0 Å². The predicted molar refractivity (Wildman–Crippen MR) is 49.2 cm³/mol. The van der Waals surface area contributed by atoms with Crippen molar-refractivity contribution in [3.05, 3.63) is 33.8 Å². The molecule has 72 valence electrons. The zero-order chi connectivity index (χ0) is 10.1. The van der Waals surface area contributed by atoms with Gasteiger partial charge in [0.15, 0.2) is 0 Å². The first-order valence-corrected chi connectivity index (χ1v) is 4.28. The Bertz CT molecular complexity index is 296. The predicted octanol–water partition coefficient (Wildman–Crippen LogP) is 0.927. The van der Waals surface area contributed by atoms with Gasteiger partial charge in [-0.2, -0.15) is 0 Å². The van der Waals surface area contributed by atoms with Crippen molar-refractivity contribution < 1.29 is 64.3 Å². The number of hydrogen-bond acceptors (Lipinski definition) is 0. The van der Waals surface area contributed by atoms with E-state index < -0.39 is 13.3 Å². The summed E-state index contributed by atoms with van der Waals surface area (Å²) in [5.74, 6) is 0. The molecule has 0 aliphatic carbocycles. The second-order valence-corrected chi connectivity index (χ2v) is 3.57. The Balaban J connectivity index is 0.00000169. The van der Waals surface area contributed by atoms with Crippen LogP contribution in [-0.2, 0) is 6.32 Å². The van der Waals surface area contributed by atoms with E-state index in [1.807, 2.05) is 0 Å². The molecule has 0 radical (unpaired) electrons. The van der Waals surface area contributed by atoms with Crippen LogP contribution in [0.25, 0.3) is 0 Å². The van der Waals surface area contributed by atoms with Gasteiger partial charge in [-0.1, -0.05) is 35.1 Å². The molecule has 7 heteroatoms. The monoisotopic (exact) mass is 266 g/mol. The Kier molecular flexibility index (Phi) is 6.70. The van der Waals surface area contributed by atoms with Gasteiger partial charge in [-0.05, 0) is 18.2 Å². The number of hydrogen-bond donors (Lipinski definition) is 0. The summed E-state index contributed by atoms with van der Waals surface area (Å²) in [6.45, 7) is -4.83. The zero-order valence-corrected chi connectivity index (χ0v) is 12.0. The van der Waals surface area contributed by atoms with E-state index in [9.17, 15) is 12.9 Å². The van der Waals surface area contributed by atoms with Crippen molar-refractivity contribution in [1.82, 2.24) is 0 Å². The van der Waals surface area contributed by atoms with Gasteiger partial charge in [0.1, 0.15) is 0 Å². The standard InChI is InChI=1S/C7H5BCl2F3.K/c9-6-1-5(2-7(10)3-6)4-8(11,12)13;/h1-3H,4H2;/q-1;+1. The van der Waals surface area contributed by atoms with E-state index in [4.69, 9.17) is 23.2 Å². The summed E-state index contributed by atoms with van der Waals surface area (Å²) in [5, 5.41) is 0.449. The van der Waals surface area contributed by atoms with Crippen LogP contribution >= 0.6 is 23.2 Å². The van der Waals surface area contributed by atoms with Gasteiger partial charge in [0.05, 0.1) is 0 Å². The third-order valence-electron chi connectivity index (χ3n) is 1.39. The molecule has 0 aromatic heterocycles. The topological polar surface area (TPSA) is 0 Å². The number of halogens is 5. The molecule has 0 N–H and O–H groups in total. The van der Waals surface area contributed by atoms with Crippen LogP contribution in [0.4, 0.5) is 12.9 Å². The average molecular weight is 267 g/mol. The van der Waals surface area contributed by atoms with E-state index in [0.29, 0.717) is 0 Å². The molecule has 0 fully saturated rings. The van der Waals surface area contributed by atoms with E-state index in [0.717, 1.165) is 0 Å². The smallest absolute Gasteiger partial charge is 0.449 e. The van der Waals surface area contributed by atoms with Crippen LogP contribution in [0.3, 0.4) is 0 Å². The van der Waals surface area contributed by atoms with Crippen molar-refractivity contribution in [2.45, 2.75) is 6.32 Å². The third kappa shape index (κ3) is 6.00. The van der Waals surface area contributed by atoms with Crippen molar-refractivity contribution >= 4 is 30.2 Å². The minimum Gasteiger partial charge on any atom is -0.449 e. The Labute approximate surface area is 133 Å². The molecule has 0 heterocycles. The van der Waals surface area contributed by atoms with E-state index in [2.05, 4.69) is 0 Å². The van der Waals surface area contributed by atoms with Crippen LogP contribution in [0.15, 0.2) is 18.2 Å². The fraction of sp³-hybridized carbons (Fsp3) is 0.143. The van der Waals surface area contributed by atoms with Crippen LogP contribution in [0, 0.1) is 0 Å². The maximum absolute atomic E-state index is 12.0. The third-order valence-corrected chi connectivity index (χ3v) is 1.83. The van der Waals surface area contributed by atoms with Crippen molar-refractivity contribution in [2.24, 2.45) is 0 Å². The van der Waals surface area contributed by atoms with Gasteiger partial charge in [0.2, 0.25) is 0 Å². The first-order chi connectivity index (χ1) is 5.87. The van der Waals surface area contributed by atoms with Crippen molar-refractivity contribution in [2.75, 3.05) is 0 Å². The largest absolute Gasteiger partial charge is 1.00 e. The summed E-state index contributed by atoms with van der Waals surface area (Å²) >= 11 is 11.1. The summed E-state index contributed by atoms with van der Waals surface area (Å²) in [6, 6.07) is 3.93. The average Bonchev–Trinajstić information content (AvgIpc) is 1.78. The van der Waals surface area contributed by atoms with Gasteiger partial charge in [0.25, 0.3) is 0 Å². The van der Waals surface area contributed by atoms with Gasteiger partial charge < -0.3 is 12.9 Å². The Morgan fingerprint density at radius 2 is 1.43 bits per heavy atom. The molecule has 0 nitrogen and oxygen atoms in total. The van der Waals surface area contributed by atoms with Crippen LogP contribution in [-0.4, -0.2) is 6.98 Å². The molecule has 0 aliphatic heterocycles. The van der Waals surface area contributed by atoms with Gasteiger partial charge in [-0.3, -0.25) is 0 Å². The van der Waals surface area contributed by atoms with Crippen molar-refractivity contribution in [3.8, 4) is 0 Å². The van der Waals surface area contributed by atoms with Crippen LogP contribution < -0.4 is 51.4 Å². The Hall–Kier alpha value is 1.29. The molecule has 0 aliphatic rings. The second kappa shape index (κ2) is 6.13. The summed E-state index contributed by atoms with van der Waals surface area (Å²) in [5.41, 5.74) is 0.102. The maximum atomic E-state index is 12.0. The van der Waals surface area contributed by atoms with Crippen LogP contribution in [0.1, 0.15) is 5.56 Å². The van der Waals surface area contributed by atoms with Crippen LogP contribution in [0.2, 0.25) is 10.0 Å². The molecule has 0 saturated heterocycles. The van der Waals surface area contributed by atoms with E-state index in [-0.39, 0.29) is 67.0 Å². The molecule has 0 bridgehead atoms. The minimum absolute atomic E-state index is 0. The van der Waals surface area contributed by atoms with Crippen molar-refractivity contribution in [3.63, 3.8) is 0 Å². The first-order valence-electron chi connectivity index (χ1n) is 3.53. The summed E-state index contributed by atoms with van der Waals surface area (Å²) in [4.78, 5) is 0. The molecular formula is C7H5BCl2F3K. The Morgan fingerprint density at radius 1 is 1.00 bits per heavy atom. The quantitative estimate of drug-likeness (QED) is 0.699. The van der Waals surface area contributed by atoms with Gasteiger partial charge >= 0.3 is 58.4 Å². The fourth-order valence-electron chi connectivity index (χ4n) is 0.996. The molecular weight excluding hydrogens is 262 g/mol. The second-order valence-electron chi connectivity index (χ2n) is 2.69. The summed E-state index contributed by atoms with van der Waals surface area (Å²) < 4.78 is 35.9. The van der Waals surface area contributed by atoms with E-state index in [1.54, 1.807) is 0 Å². The normalized spacial score (nSPS) is 10.9.